The predicted molar refractivity (Wildman–Crippen MR) is 67.8 cm³/mol. The van der Waals surface area contributed by atoms with Gasteiger partial charge in [-0.1, -0.05) is 0 Å². The van der Waals surface area contributed by atoms with Crippen molar-refractivity contribution in [3.63, 3.8) is 0 Å². The maximum atomic E-state index is 13.0. The Balaban J connectivity index is 3.40. The highest BCUT2D eigenvalue weighted by Crippen LogP contribution is 2.27. The lowest BCUT2D eigenvalue weighted by atomic mass is 10.3. The molecule has 2 N–H and O–H groups in total. The first-order valence-corrected chi connectivity index (χ1v) is 6.99. The molecule has 0 atom stereocenters. The van der Waals surface area contributed by atoms with Crippen LogP contribution >= 0.6 is 0 Å². The van der Waals surface area contributed by atoms with Crippen LogP contribution in [0.5, 0.6) is 0 Å². The van der Waals surface area contributed by atoms with Crippen molar-refractivity contribution < 1.29 is 27.4 Å². The van der Waals surface area contributed by atoms with E-state index in [1.807, 2.05) is 0 Å². The second kappa shape index (κ2) is 6.56. The summed E-state index contributed by atoms with van der Waals surface area (Å²) in [7, 11) is -4.55. The summed E-state index contributed by atoms with van der Waals surface area (Å²) in [6.07, 6.45) is 0. The lowest BCUT2D eigenvalue weighted by molar-refractivity contribution is -0.388. The van der Waals surface area contributed by atoms with Gasteiger partial charge >= 0.3 is 5.97 Å². The summed E-state index contributed by atoms with van der Waals surface area (Å²) < 4.78 is 37.8. The molecule has 0 amide bonds. The fourth-order valence-electron chi connectivity index (χ4n) is 1.42. The number of nitrogens with two attached hydrogens (primary N) is 1. The van der Waals surface area contributed by atoms with Gasteiger partial charge in [0.25, 0.3) is 15.7 Å². The highest BCUT2D eigenvalue weighted by Gasteiger charge is 2.34. The van der Waals surface area contributed by atoms with E-state index in [2.05, 4.69) is 4.84 Å². The number of carbonyl (C=O) groups excluding carboxylic acids is 1. The van der Waals surface area contributed by atoms with E-state index in [9.17, 15) is 27.7 Å². The van der Waals surface area contributed by atoms with Gasteiger partial charge in [0.1, 0.15) is 5.82 Å². The number of sulfonamides is 1. The van der Waals surface area contributed by atoms with Crippen LogP contribution in [0.2, 0.25) is 0 Å². The standard InChI is InChI=1S/C10H12FN3O6S/c1-7(15)20-13(5-4-12)21(18,19)10-3-2-8(11)6-9(10)14(16)17/h2-3,6H,4-5,12H2,1H3. The number of carbonyl (C=O) groups is 1. The molecule has 1 aromatic rings. The van der Waals surface area contributed by atoms with Crippen molar-refractivity contribution in [1.82, 2.24) is 4.47 Å². The van der Waals surface area contributed by atoms with Crippen molar-refractivity contribution >= 4 is 21.7 Å². The zero-order valence-electron chi connectivity index (χ0n) is 10.9. The number of nitro benzene ring substituents is 1. The normalized spacial score (nSPS) is 11.4. The molecule has 0 fully saturated rings. The molecule has 0 aliphatic rings. The quantitative estimate of drug-likeness (QED) is 0.583. The molecule has 1 aromatic carbocycles. The Bertz CT molecular complexity index is 663. The number of nitrogens with zero attached hydrogens (tertiary/aromatic N) is 2. The molecule has 21 heavy (non-hydrogen) atoms. The Morgan fingerprint density at radius 2 is 2.14 bits per heavy atom. The van der Waals surface area contributed by atoms with Gasteiger partial charge in [-0.25, -0.2) is 12.8 Å². The van der Waals surface area contributed by atoms with Gasteiger partial charge < -0.3 is 10.6 Å². The van der Waals surface area contributed by atoms with E-state index in [1.54, 1.807) is 0 Å². The summed E-state index contributed by atoms with van der Waals surface area (Å²) in [6.45, 7) is 0.357. The molecule has 0 spiro atoms. The van der Waals surface area contributed by atoms with Crippen molar-refractivity contribution in [3.05, 3.63) is 34.1 Å². The third-order valence-electron chi connectivity index (χ3n) is 2.21. The minimum Gasteiger partial charge on any atom is -0.353 e. The molecule has 0 saturated carbocycles. The van der Waals surface area contributed by atoms with E-state index in [0.29, 0.717) is 6.07 Å². The number of rotatable bonds is 6. The topological polar surface area (TPSA) is 133 Å². The van der Waals surface area contributed by atoms with Crippen molar-refractivity contribution in [3.8, 4) is 0 Å². The van der Waals surface area contributed by atoms with E-state index in [4.69, 9.17) is 5.73 Å². The maximum Gasteiger partial charge on any atom is 0.323 e. The molecule has 0 radical (unpaired) electrons. The second-order valence-electron chi connectivity index (χ2n) is 3.77. The molecule has 0 unspecified atom stereocenters. The second-order valence-corrected chi connectivity index (χ2v) is 5.57. The third kappa shape index (κ3) is 3.93. The zero-order valence-corrected chi connectivity index (χ0v) is 11.7. The van der Waals surface area contributed by atoms with Gasteiger partial charge in [0.05, 0.1) is 17.5 Å². The summed E-state index contributed by atoms with van der Waals surface area (Å²) in [5.74, 6) is -1.92. The van der Waals surface area contributed by atoms with Gasteiger partial charge in [-0.05, 0) is 16.6 Å². The Morgan fingerprint density at radius 3 is 2.62 bits per heavy atom. The van der Waals surface area contributed by atoms with Crippen LogP contribution < -0.4 is 5.73 Å². The summed E-state index contributed by atoms with van der Waals surface area (Å²) in [6, 6.07) is 1.92. The Hall–Kier alpha value is -2.11. The van der Waals surface area contributed by atoms with Crippen LogP contribution in [0.1, 0.15) is 6.92 Å². The Kier molecular flexibility index (Phi) is 5.29. The Labute approximate surface area is 119 Å². The van der Waals surface area contributed by atoms with Gasteiger partial charge in [0, 0.05) is 13.5 Å². The summed E-state index contributed by atoms with van der Waals surface area (Å²) in [5, 5.41) is 10.8. The van der Waals surface area contributed by atoms with Crippen LogP contribution in [0, 0.1) is 15.9 Å². The molecular formula is C10H12FN3O6S. The average Bonchev–Trinajstić information content (AvgIpc) is 2.37. The van der Waals surface area contributed by atoms with Crippen LogP contribution in [0.15, 0.2) is 23.1 Å². The first-order chi connectivity index (χ1) is 9.70. The number of hydrogen-bond acceptors (Lipinski definition) is 7. The highest BCUT2D eigenvalue weighted by atomic mass is 32.2. The summed E-state index contributed by atoms with van der Waals surface area (Å²) >= 11 is 0. The van der Waals surface area contributed by atoms with Crippen LogP contribution in [0.3, 0.4) is 0 Å². The van der Waals surface area contributed by atoms with E-state index < -0.39 is 43.9 Å². The van der Waals surface area contributed by atoms with Gasteiger partial charge in [0.15, 0.2) is 4.90 Å². The molecule has 11 heteroatoms. The maximum absolute atomic E-state index is 13.0. The number of benzene rings is 1. The molecule has 0 aliphatic heterocycles. The number of halogens is 1. The minimum absolute atomic E-state index is 0.193. The summed E-state index contributed by atoms with van der Waals surface area (Å²) in [5.41, 5.74) is 4.24. The summed E-state index contributed by atoms with van der Waals surface area (Å²) in [4.78, 5) is 24.4. The lowest BCUT2D eigenvalue weighted by Gasteiger charge is -2.19. The number of hydroxylamine groups is 1. The van der Waals surface area contributed by atoms with E-state index in [0.717, 1.165) is 19.1 Å². The number of nitro groups is 1. The molecule has 1 rings (SSSR count). The molecular weight excluding hydrogens is 309 g/mol. The van der Waals surface area contributed by atoms with Crippen molar-refractivity contribution in [2.75, 3.05) is 13.1 Å². The van der Waals surface area contributed by atoms with Gasteiger partial charge in [-0.3, -0.25) is 14.9 Å². The van der Waals surface area contributed by atoms with E-state index in [1.165, 1.54) is 0 Å². The third-order valence-corrected chi connectivity index (χ3v) is 3.90. The average molecular weight is 321 g/mol. The van der Waals surface area contributed by atoms with Crippen LogP contribution in [0.4, 0.5) is 10.1 Å². The van der Waals surface area contributed by atoms with Crippen LogP contribution in [-0.4, -0.2) is 36.9 Å². The zero-order chi connectivity index (χ0) is 16.2. The van der Waals surface area contributed by atoms with E-state index in [-0.39, 0.29) is 11.0 Å². The largest absolute Gasteiger partial charge is 0.353 e. The first-order valence-electron chi connectivity index (χ1n) is 5.55. The van der Waals surface area contributed by atoms with Crippen LogP contribution in [0.25, 0.3) is 0 Å². The predicted octanol–water partition coefficient (Wildman–Crippen LogP) is 0.161. The Morgan fingerprint density at radius 1 is 1.52 bits per heavy atom. The highest BCUT2D eigenvalue weighted by molar-refractivity contribution is 7.89. The molecule has 0 bridgehead atoms. The number of hydrogen-bond donors (Lipinski definition) is 1. The van der Waals surface area contributed by atoms with Crippen molar-refractivity contribution in [2.24, 2.45) is 5.73 Å². The monoisotopic (exact) mass is 321 g/mol. The molecule has 0 heterocycles. The lowest BCUT2D eigenvalue weighted by Crippen LogP contribution is -2.37. The first kappa shape index (κ1) is 16.9. The van der Waals surface area contributed by atoms with Crippen molar-refractivity contribution in [1.29, 1.82) is 0 Å². The van der Waals surface area contributed by atoms with Crippen molar-refractivity contribution in [2.45, 2.75) is 11.8 Å². The smallest absolute Gasteiger partial charge is 0.323 e. The fraction of sp³-hybridized carbons (Fsp3) is 0.300. The van der Waals surface area contributed by atoms with Gasteiger partial charge in [0.2, 0.25) is 0 Å². The SMILES string of the molecule is CC(=O)ON(CCN)S(=O)(=O)c1ccc(F)cc1[N+](=O)[O-]. The fourth-order valence-corrected chi connectivity index (χ4v) is 2.83. The molecule has 9 nitrogen and oxygen atoms in total. The van der Waals surface area contributed by atoms with Gasteiger partial charge in [-0.2, -0.15) is 0 Å². The van der Waals surface area contributed by atoms with Crippen LogP contribution in [-0.2, 0) is 19.7 Å². The van der Waals surface area contributed by atoms with Gasteiger partial charge in [-0.15, -0.1) is 0 Å². The van der Waals surface area contributed by atoms with E-state index >= 15 is 0 Å². The minimum atomic E-state index is -4.55. The molecule has 116 valence electrons. The molecule has 0 saturated heterocycles. The molecule has 0 aliphatic carbocycles. The molecule has 0 aromatic heterocycles.